The number of hydrogen-bond acceptors (Lipinski definition) is 4. The van der Waals surface area contributed by atoms with E-state index in [0.29, 0.717) is 13.1 Å². The molecule has 0 aliphatic carbocycles. The predicted octanol–water partition coefficient (Wildman–Crippen LogP) is -0.0943. The van der Waals surface area contributed by atoms with Gasteiger partial charge in [-0.1, -0.05) is 6.92 Å². The molecule has 5 heteroatoms. The molecule has 0 radical (unpaired) electrons. The zero-order valence-corrected chi connectivity index (χ0v) is 7.91. The lowest BCUT2D eigenvalue weighted by atomic mass is 10.2. The standard InChI is InChI=1S/C8H15NO4/c1-3-12-5-9-8(11)7(2)4-13-6-10/h6-7H,3-5H2,1-2H3,(H,9,11). The first-order chi connectivity index (χ1) is 6.22. The summed E-state index contributed by atoms with van der Waals surface area (Å²) in [6, 6.07) is 0. The molecule has 0 aromatic heterocycles. The summed E-state index contributed by atoms with van der Waals surface area (Å²) in [5, 5.41) is 2.54. The number of hydrogen-bond donors (Lipinski definition) is 1. The second kappa shape index (κ2) is 7.54. The van der Waals surface area contributed by atoms with Gasteiger partial charge in [-0.3, -0.25) is 9.59 Å². The largest absolute Gasteiger partial charge is 0.467 e. The maximum atomic E-state index is 11.1. The summed E-state index contributed by atoms with van der Waals surface area (Å²) in [4.78, 5) is 21.0. The van der Waals surface area contributed by atoms with Gasteiger partial charge in [-0.25, -0.2) is 0 Å². The summed E-state index contributed by atoms with van der Waals surface area (Å²) in [7, 11) is 0. The van der Waals surface area contributed by atoms with Crippen molar-refractivity contribution in [3.63, 3.8) is 0 Å². The van der Waals surface area contributed by atoms with Crippen LogP contribution in [0.5, 0.6) is 0 Å². The highest BCUT2D eigenvalue weighted by atomic mass is 16.5. The number of carbonyl (C=O) groups excluding carboxylic acids is 2. The third-order valence-electron chi connectivity index (χ3n) is 1.41. The minimum absolute atomic E-state index is 0.0987. The fraction of sp³-hybridized carbons (Fsp3) is 0.750. The SMILES string of the molecule is CCOCNC(=O)C(C)COC=O. The van der Waals surface area contributed by atoms with Gasteiger partial charge in [-0.2, -0.15) is 0 Å². The quantitative estimate of drug-likeness (QED) is 0.345. The van der Waals surface area contributed by atoms with Crippen LogP contribution in [0.2, 0.25) is 0 Å². The monoisotopic (exact) mass is 189 g/mol. The third kappa shape index (κ3) is 6.10. The molecule has 5 nitrogen and oxygen atoms in total. The fourth-order valence-corrected chi connectivity index (χ4v) is 0.658. The molecule has 0 aliphatic rings. The minimum atomic E-state index is -0.342. The number of carbonyl (C=O) groups is 2. The van der Waals surface area contributed by atoms with Crippen LogP contribution in [-0.4, -0.2) is 32.3 Å². The normalized spacial score (nSPS) is 11.8. The van der Waals surface area contributed by atoms with E-state index < -0.39 is 0 Å². The smallest absolute Gasteiger partial charge is 0.293 e. The molecule has 1 unspecified atom stereocenters. The Bertz CT molecular complexity index is 160. The van der Waals surface area contributed by atoms with Crippen LogP contribution in [-0.2, 0) is 19.1 Å². The van der Waals surface area contributed by atoms with Crippen LogP contribution in [0.15, 0.2) is 0 Å². The topological polar surface area (TPSA) is 64.6 Å². The summed E-state index contributed by atoms with van der Waals surface area (Å²) in [6.45, 7) is 4.68. The predicted molar refractivity (Wildman–Crippen MR) is 45.8 cm³/mol. The molecule has 0 heterocycles. The highest BCUT2D eigenvalue weighted by molar-refractivity contribution is 5.78. The number of nitrogens with one attached hydrogen (secondary N) is 1. The lowest BCUT2D eigenvalue weighted by Crippen LogP contribution is -2.33. The van der Waals surface area contributed by atoms with Crippen LogP contribution >= 0.6 is 0 Å². The van der Waals surface area contributed by atoms with Gasteiger partial charge in [0.1, 0.15) is 13.3 Å². The van der Waals surface area contributed by atoms with Gasteiger partial charge in [0.25, 0.3) is 6.47 Å². The van der Waals surface area contributed by atoms with Crippen molar-refractivity contribution < 1.29 is 19.1 Å². The van der Waals surface area contributed by atoms with E-state index in [4.69, 9.17) is 4.74 Å². The van der Waals surface area contributed by atoms with E-state index >= 15 is 0 Å². The first-order valence-electron chi connectivity index (χ1n) is 4.13. The average molecular weight is 189 g/mol. The summed E-state index contributed by atoms with van der Waals surface area (Å²) in [6.07, 6.45) is 0. The number of rotatable bonds is 7. The van der Waals surface area contributed by atoms with E-state index in [-0.39, 0.29) is 25.2 Å². The van der Waals surface area contributed by atoms with E-state index in [9.17, 15) is 9.59 Å². The van der Waals surface area contributed by atoms with Crippen LogP contribution in [0.1, 0.15) is 13.8 Å². The third-order valence-corrected chi connectivity index (χ3v) is 1.41. The van der Waals surface area contributed by atoms with Crippen molar-refractivity contribution in [3.05, 3.63) is 0 Å². The molecule has 1 atom stereocenters. The van der Waals surface area contributed by atoms with E-state index in [1.807, 2.05) is 6.92 Å². The molecular weight excluding hydrogens is 174 g/mol. The van der Waals surface area contributed by atoms with Gasteiger partial charge in [0.15, 0.2) is 0 Å². The van der Waals surface area contributed by atoms with Gasteiger partial charge in [0.05, 0.1) is 5.92 Å². The lowest BCUT2D eigenvalue weighted by Gasteiger charge is -2.10. The summed E-state index contributed by atoms with van der Waals surface area (Å²) in [5.41, 5.74) is 0. The van der Waals surface area contributed by atoms with Crippen molar-refractivity contribution in [2.75, 3.05) is 19.9 Å². The van der Waals surface area contributed by atoms with Crippen LogP contribution in [0, 0.1) is 5.92 Å². The van der Waals surface area contributed by atoms with Gasteiger partial charge in [0.2, 0.25) is 5.91 Å². The molecule has 0 fully saturated rings. The fourth-order valence-electron chi connectivity index (χ4n) is 0.658. The Morgan fingerprint density at radius 2 is 2.31 bits per heavy atom. The van der Waals surface area contributed by atoms with Crippen molar-refractivity contribution in [2.45, 2.75) is 13.8 Å². The Balaban J connectivity index is 3.50. The van der Waals surface area contributed by atoms with E-state index in [0.717, 1.165) is 0 Å². The second-order valence-electron chi connectivity index (χ2n) is 2.51. The average Bonchev–Trinajstić information content (AvgIpc) is 2.14. The van der Waals surface area contributed by atoms with E-state index in [2.05, 4.69) is 10.1 Å². The molecular formula is C8H15NO4. The minimum Gasteiger partial charge on any atom is -0.467 e. The summed E-state index contributed by atoms with van der Waals surface area (Å²) in [5.74, 6) is -0.527. The molecule has 0 spiro atoms. The Kier molecular flexibility index (Phi) is 6.91. The lowest BCUT2D eigenvalue weighted by molar-refractivity contribution is -0.134. The molecule has 1 amide bonds. The van der Waals surface area contributed by atoms with Crippen LogP contribution < -0.4 is 5.32 Å². The van der Waals surface area contributed by atoms with Crippen LogP contribution in [0.3, 0.4) is 0 Å². The van der Waals surface area contributed by atoms with Crippen molar-refractivity contribution in [1.29, 1.82) is 0 Å². The second-order valence-corrected chi connectivity index (χ2v) is 2.51. The molecule has 0 bridgehead atoms. The Morgan fingerprint density at radius 1 is 1.62 bits per heavy atom. The Hall–Kier alpha value is -1.10. The molecule has 13 heavy (non-hydrogen) atoms. The maximum Gasteiger partial charge on any atom is 0.293 e. The highest BCUT2D eigenvalue weighted by Crippen LogP contribution is 1.94. The van der Waals surface area contributed by atoms with Gasteiger partial charge in [0, 0.05) is 6.61 Å². The van der Waals surface area contributed by atoms with Crippen LogP contribution in [0.25, 0.3) is 0 Å². The number of amides is 1. The zero-order valence-electron chi connectivity index (χ0n) is 7.91. The Labute approximate surface area is 77.4 Å². The molecule has 0 saturated heterocycles. The molecule has 0 aromatic rings. The van der Waals surface area contributed by atoms with Crippen molar-refractivity contribution in [1.82, 2.24) is 5.32 Å². The van der Waals surface area contributed by atoms with Crippen molar-refractivity contribution in [2.24, 2.45) is 5.92 Å². The molecule has 1 N–H and O–H groups in total. The first-order valence-corrected chi connectivity index (χ1v) is 4.13. The van der Waals surface area contributed by atoms with Crippen molar-refractivity contribution in [3.8, 4) is 0 Å². The van der Waals surface area contributed by atoms with Gasteiger partial charge < -0.3 is 14.8 Å². The zero-order chi connectivity index (χ0) is 10.1. The Morgan fingerprint density at radius 3 is 2.85 bits per heavy atom. The summed E-state index contributed by atoms with van der Waals surface area (Å²) < 4.78 is 9.36. The molecule has 0 aromatic carbocycles. The number of ether oxygens (including phenoxy) is 2. The molecule has 76 valence electrons. The van der Waals surface area contributed by atoms with E-state index in [1.165, 1.54) is 0 Å². The highest BCUT2D eigenvalue weighted by Gasteiger charge is 2.11. The summed E-state index contributed by atoms with van der Waals surface area (Å²) >= 11 is 0. The molecule has 0 rings (SSSR count). The van der Waals surface area contributed by atoms with Gasteiger partial charge in [-0.05, 0) is 6.92 Å². The maximum absolute atomic E-state index is 11.1. The van der Waals surface area contributed by atoms with Crippen molar-refractivity contribution >= 4 is 12.4 Å². The van der Waals surface area contributed by atoms with Gasteiger partial charge >= 0.3 is 0 Å². The molecule has 0 saturated carbocycles. The van der Waals surface area contributed by atoms with E-state index in [1.54, 1.807) is 6.92 Å². The first kappa shape index (κ1) is 11.9. The van der Waals surface area contributed by atoms with Crippen LogP contribution in [0.4, 0.5) is 0 Å². The molecule has 0 aliphatic heterocycles. The van der Waals surface area contributed by atoms with Gasteiger partial charge in [-0.15, -0.1) is 0 Å².